The molecule has 0 aliphatic carbocycles. The number of benzene rings is 1. The van der Waals surface area contributed by atoms with Gasteiger partial charge in [-0.15, -0.1) is 11.3 Å². The minimum Gasteiger partial charge on any atom is -0.286 e. The molecule has 0 bridgehead atoms. The zero-order valence-electron chi connectivity index (χ0n) is 11.8. The zero-order valence-corrected chi connectivity index (χ0v) is 12.6. The number of carbonyl (C=O) groups is 3. The molecule has 0 spiro atoms. The second-order valence-electron chi connectivity index (χ2n) is 5.01. The quantitative estimate of drug-likeness (QED) is 0.550. The van der Waals surface area contributed by atoms with Crippen molar-refractivity contribution in [3.63, 3.8) is 0 Å². The van der Waals surface area contributed by atoms with Crippen molar-refractivity contribution < 1.29 is 14.4 Å². The van der Waals surface area contributed by atoms with Crippen molar-refractivity contribution in [1.29, 1.82) is 0 Å². The lowest BCUT2D eigenvalue weighted by molar-refractivity contribution is 0.0884. The number of hydrogen-bond acceptors (Lipinski definition) is 4. The van der Waals surface area contributed by atoms with Crippen molar-refractivity contribution in [2.45, 2.75) is 0 Å². The first-order valence-corrected chi connectivity index (χ1v) is 7.80. The second-order valence-corrected chi connectivity index (χ2v) is 5.96. The van der Waals surface area contributed by atoms with E-state index in [9.17, 15) is 14.4 Å². The van der Waals surface area contributed by atoms with Crippen molar-refractivity contribution in [3.8, 4) is 0 Å². The Morgan fingerprint density at radius 2 is 1.57 bits per heavy atom. The number of hydrogen-bond donors (Lipinski definition) is 0. The average Bonchev–Trinajstić information content (AvgIpc) is 3.29. The summed E-state index contributed by atoms with van der Waals surface area (Å²) >= 11 is 1.32. The van der Waals surface area contributed by atoms with Gasteiger partial charge in [0.25, 0.3) is 11.8 Å². The molecule has 1 aliphatic rings. The van der Waals surface area contributed by atoms with Crippen molar-refractivity contribution in [1.82, 2.24) is 4.68 Å². The molecule has 23 heavy (non-hydrogen) atoms. The van der Waals surface area contributed by atoms with Crippen LogP contribution < -0.4 is 5.01 Å². The number of fused-ring (bicyclic) bond motifs is 1. The van der Waals surface area contributed by atoms with E-state index < -0.39 is 11.8 Å². The van der Waals surface area contributed by atoms with Gasteiger partial charge in [-0.2, -0.15) is 5.01 Å². The summed E-state index contributed by atoms with van der Waals surface area (Å²) in [6.07, 6.45) is 1.54. The van der Waals surface area contributed by atoms with Gasteiger partial charge in [-0.3, -0.25) is 14.4 Å². The maximum atomic E-state index is 12.6. The third kappa shape index (κ3) is 1.96. The van der Waals surface area contributed by atoms with Crippen LogP contribution >= 0.6 is 11.3 Å². The molecule has 3 heterocycles. The highest BCUT2D eigenvalue weighted by molar-refractivity contribution is 7.12. The lowest BCUT2D eigenvalue weighted by Crippen LogP contribution is -2.41. The topological polar surface area (TPSA) is 59.4 Å². The fourth-order valence-corrected chi connectivity index (χ4v) is 3.31. The average molecular weight is 322 g/mol. The smallest absolute Gasteiger partial charge is 0.281 e. The van der Waals surface area contributed by atoms with E-state index in [0.717, 1.165) is 5.01 Å². The van der Waals surface area contributed by atoms with Crippen molar-refractivity contribution in [2.75, 3.05) is 5.01 Å². The first kappa shape index (κ1) is 13.7. The molecule has 1 aromatic carbocycles. The van der Waals surface area contributed by atoms with Gasteiger partial charge in [-0.05, 0) is 35.7 Å². The molecule has 0 unspecified atom stereocenters. The Bertz CT molecular complexity index is 905. The lowest BCUT2D eigenvalue weighted by atomic mass is 10.1. The number of amides is 2. The van der Waals surface area contributed by atoms with Gasteiger partial charge in [0.15, 0.2) is 0 Å². The molecule has 4 rings (SSSR count). The number of ketones is 1. The van der Waals surface area contributed by atoms with Crippen LogP contribution in [0.1, 0.15) is 36.1 Å². The van der Waals surface area contributed by atoms with E-state index in [1.165, 1.54) is 16.0 Å². The Morgan fingerprint density at radius 3 is 2.17 bits per heavy atom. The number of imide groups is 1. The maximum absolute atomic E-state index is 12.6. The lowest BCUT2D eigenvalue weighted by Gasteiger charge is -2.17. The van der Waals surface area contributed by atoms with Gasteiger partial charge >= 0.3 is 0 Å². The molecule has 0 fully saturated rings. The van der Waals surface area contributed by atoms with Crippen molar-refractivity contribution >= 4 is 28.9 Å². The van der Waals surface area contributed by atoms with Crippen molar-refractivity contribution in [2.24, 2.45) is 0 Å². The molecule has 1 aliphatic heterocycles. The molecule has 0 saturated carbocycles. The Labute approximate surface area is 135 Å². The highest BCUT2D eigenvalue weighted by Crippen LogP contribution is 2.24. The molecule has 5 nitrogen and oxygen atoms in total. The minimum absolute atomic E-state index is 0.221. The molecule has 0 radical (unpaired) electrons. The van der Waals surface area contributed by atoms with Gasteiger partial charge in [-0.1, -0.05) is 18.2 Å². The normalized spacial score (nSPS) is 13.5. The summed E-state index contributed by atoms with van der Waals surface area (Å²) in [5, 5.41) is 2.81. The fraction of sp³-hybridized carbons (Fsp3) is 0. The predicted octanol–water partition coefficient (Wildman–Crippen LogP) is 2.71. The van der Waals surface area contributed by atoms with Gasteiger partial charge in [0.05, 0.1) is 16.0 Å². The molecule has 0 saturated heterocycles. The number of nitrogens with zero attached hydrogens (tertiary/aromatic N) is 2. The van der Waals surface area contributed by atoms with E-state index in [1.54, 1.807) is 54.7 Å². The highest BCUT2D eigenvalue weighted by Gasteiger charge is 2.38. The van der Waals surface area contributed by atoms with Crippen LogP contribution in [0.2, 0.25) is 0 Å². The van der Waals surface area contributed by atoms with Gasteiger partial charge in [0.2, 0.25) is 5.78 Å². The molecule has 112 valence electrons. The summed E-state index contributed by atoms with van der Waals surface area (Å²) in [5.74, 6) is -1.08. The molecular formula is C17H10N2O3S. The van der Waals surface area contributed by atoms with Crippen LogP contribution in [0.3, 0.4) is 0 Å². The van der Waals surface area contributed by atoms with Gasteiger partial charge in [-0.25, -0.2) is 4.68 Å². The first-order valence-electron chi connectivity index (χ1n) is 6.92. The van der Waals surface area contributed by atoms with Gasteiger partial charge < -0.3 is 0 Å². The van der Waals surface area contributed by atoms with Crippen molar-refractivity contribution in [3.05, 3.63) is 81.8 Å². The van der Waals surface area contributed by atoms with Crippen LogP contribution in [0.15, 0.2) is 60.1 Å². The van der Waals surface area contributed by atoms with Crippen LogP contribution in [0.25, 0.3) is 0 Å². The molecule has 2 aromatic heterocycles. The SMILES string of the molecule is O=C(c1cccs1)c1cccn1N1C(=O)c2ccccc2C1=O. The zero-order chi connectivity index (χ0) is 16.0. The fourth-order valence-electron chi connectivity index (χ4n) is 2.63. The summed E-state index contributed by atoms with van der Waals surface area (Å²) in [5.41, 5.74) is 0.975. The predicted molar refractivity (Wildman–Crippen MR) is 85.5 cm³/mol. The molecular weight excluding hydrogens is 312 g/mol. The summed E-state index contributed by atoms with van der Waals surface area (Å²) in [4.78, 5) is 38.2. The Balaban J connectivity index is 1.79. The van der Waals surface area contributed by atoms with E-state index >= 15 is 0 Å². The largest absolute Gasteiger partial charge is 0.286 e. The second kappa shape index (κ2) is 5.03. The van der Waals surface area contributed by atoms with Gasteiger partial charge in [0, 0.05) is 6.20 Å². The Morgan fingerprint density at radius 1 is 0.870 bits per heavy atom. The summed E-state index contributed by atoms with van der Waals surface area (Å²) in [6, 6.07) is 13.4. The van der Waals surface area contributed by atoms with Crippen LogP contribution in [0.4, 0.5) is 0 Å². The van der Waals surface area contributed by atoms with Crippen LogP contribution in [0, 0.1) is 0 Å². The highest BCUT2D eigenvalue weighted by atomic mass is 32.1. The third-order valence-electron chi connectivity index (χ3n) is 3.69. The summed E-state index contributed by atoms with van der Waals surface area (Å²) < 4.78 is 1.33. The molecule has 3 aromatic rings. The summed E-state index contributed by atoms with van der Waals surface area (Å²) in [6.45, 7) is 0. The molecule has 2 amide bonds. The first-order chi connectivity index (χ1) is 11.2. The van der Waals surface area contributed by atoms with E-state index in [4.69, 9.17) is 0 Å². The standard InChI is InChI=1S/C17H10N2O3S/c20-15(14-8-4-10-23-14)13-7-3-9-18(13)19-16(21)11-5-1-2-6-12(11)17(19)22/h1-10H. The van der Waals surface area contributed by atoms with Crippen LogP contribution in [0.5, 0.6) is 0 Å². The van der Waals surface area contributed by atoms with E-state index in [1.807, 2.05) is 5.38 Å². The number of rotatable bonds is 3. The van der Waals surface area contributed by atoms with Crippen LogP contribution in [-0.4, -0.2) is 22.3 Å². The van der Waals surface area contributed by atoms with Gasteiger partial charge in [0.1, 0.15) is 5.69 Å². The van der Waals surface area contributed by atoms with E-state index in [-0.39, 0.29) is 11.5 Å². The third-order valence-corrected chi connectivity index (χ3v) is 4.56. The monoisotopic (exact) mass is 322 g/mol. The van der Waals surface area contributed by atoms with E-state index in [2.05, 4.69) is 0 Å². The Kier molecular flexibility index (Phi) is 2.99. The molecule has 6 heteroatoms. The number of carbonyl (C=O) groups excluding carboxylic acids is 3. The number of thiophene rings is 1. The molecule has 0 N–H and O–H groups in total. The maximum Gasteiger partial charge on any atom is 0.281 e. The Hall–Kier alpha value is -2.99. The number of aromatic nitrogens is 1. The minimum atomic E-state index is -0.429. The molecule has 0 atom stereocenters. The summed E-state index contributed by atoms with van der Waals surface area (Å²) in [7, 11) is 0. The van der Waals surface area contributed by atoms with Crippen LogP contribution in [-0.2, 0) is 0 Å². The van der Waals surface area contributed by atoms with E-state index in [0.29, 0.717) is 16.0 Å².